The average Bonchev–Trinajstić information content (AvgIpc) is 3.00. The van der Waals surface area contributed by atoms with Crippen LogP contribution in [0.1, 0.15) is 59.9 Å². The van der Waals surface area contributed by atoms with Crippen molar-refractivity contribution < 1.29 is 9.13 Å². The molecule has 30 heavy (non-hydrogen) atoms. The second kappa shape index (κ2) is 7.93. The molecule has 4 nitrogen and oxygen atoms in total. The second-order valence-electron chi connectivity index (χ2n) is 9.80. The van der Waals surface area contributed by atoms with Crippen LogP contribution in [0.3, 0.4) is 0 Å². The highest BCUT2D eigenvalue weighted by Crippen LogP contribution is 2.46. The molecule has 5 heteroatoms. The summed E-state index contributed by atoms with van der Waals surface area (Å²) in [5.74, 6) is 1.86. The number of nitrogens with one attached hydrogen (secondary N) is 1. The molecule has 0 bridgehead atoms. The lowest BCUT2D eigenvalue weighted by atomic mass is 9.70. The minimum absolute atomic E-state index is 0.132. The van der Waals surface area contributed by atoms with E-state index in [1.165, 1.54) is 12.5 Å². The van der Waals surface area contributed by atoms with E-state index in [2.05, 4.69) is 35.6 Å². The van der Waals surface area contributed by atoms with Crippen molar-refractivity contribution in [3.63, 3.8) is 0 Å². The quantitative estimate of drug-likeness (QED) is 0.489. The van der Waals surface area contributed by atoms with Gasteiger partial charge in [-0.2, -0.15) is 0 Å². The standard InChI is InChI=1S/C25H32FN3O/c1-16(2)30-20-11-9-18(10-12-20)27-24-28-23-21(26)7-6-8-22(23)29(24)19-13-17(3)14-25(4,5)15-19/h6-12,16-17,19H,13-15H2,1-5H3,(H,27,28). The van der Waals surface area contributed by atoms with Crippen LogP contribution in [0.4, 0.5) is 16.0 Å². The molecule has 0 amide bonds. The number of ether oxygens (including phenoxy) is 1. The smallest absolute Gasteiger partial charge is 0.208 e. The summed E-state index contributed by atoms with van der Waals surface area (Å²) < 4.78 is 22.5. The molecule has 0 saturated heterocycles. The van der Waals surface area contributed by atoms with Crippen molar-refractivity contribution in [2.75, 3.05) is 5.32 Å². The fraction of sp³-hybridized carbons (Fsp3) is 0.480. The summed E-state index contributed by atoms with van der Waals surface area (Å²) in [4.78, 5) is 4.67. The average molecular weight is 410 g/mol. The number of anilines is 2. The van der Waals surface area contributed by atoms with Crippen molar-refractivity contribution in [2.45, 2.75) is 66.0 Å². The van der Waals surface area contributed by atoms with Gasteiger partial charge in [0.15, 0.2) is 5.82 Å². The van der Waals surface area contributed by atoms with E-state index >= 15 is 0 Å². The molecule has 1 saturated carbocycles. The lowest BCUT2D eigenvalue weighted by molar-refractivity contribution is 0.140. The van der Waals surface area contributed by atoms with Crippen LogP contribution in [0.5, 0.6) is 5.75 Å². The van der Waals surface area contributed by atoms with E-state index in [9.17, 15) is 4.39 Å². The van der Waals surface area contributed by atoms with Crippen molar-refractivity contribution in [1.82, 2.24) is 9.55 Å². The van der Waals surface area contributed by atoms with Crippen LogP contribution < -0.4 is 10.1 Å². The highest BCUT2D eigenvalue weighted by Gasteiger charge is 2.34. The number of hydrogen-bond acceptors (Lipinski definition) is 3. The van der Waals surface area contributed by atoms with Crippen LogP contribution in [0.2, 0.25) is 0 Å². The van der Waals surface area contributed by atoms with E-state index in [1.807, 2.05) is 44.2 Å². The predicted molar refractivity (Wildman–Crippen MR) is 121 cm³/mol. The Bertz CT molecular complexity index is 1020. The Morgan fingerprint density at radius 1 is 1.13 bits per heavy atom. The molecule has 160 valence electrons. The van der Waals surface area contributed by atoms with E-state index in [-0.39, 0.29) is 23.4 Å². The first-order chi connectivity index (χ1) is 14.2. The number of halogens is 1. The Labute approximate surface area is 178 Å². The van der Waals surface area contributed by atoms with Gasteiger partial charge in [-0.1, -0.05) is 26.8 Å². The summed E-state index contributed by atoms with van der Waals surface area (Å²) in [5.41, 5.74) is 2.44. The first kappa shape index (κ1) is 20.7. The Morgan fingerprint density at radius 2 is 1.87 bits per heavy atom. The highest BCUT2D eigenvalue weighted by molar-refractivity contribution is 5.80. The molecule has 3 aromatic rings. The van der Waals surface area contributed by atoms with Crippen LogP contribution in [-0.2, 0) is 0 Å². The Hall–Kier alpha value is -2.56. The van der Waals surface area contributed by atoms with Gasteiger partial charge in [0.1, 0.15) is 11.3 Å². The van der Waals surface area contributed by atoms with Gasteiger partial charge in [0.25, 0.3) is 0 Å². The van der Waals surface area contributed by atoms with Gasteiger partial charge in [-0.3, -0.25) is 0 Å². The molecular weight excluding hydrogens is 377 g/mol. The summed E-state index contributed by atoms with van der Waals surface area (Å²) in [6, 6.07) is 13.4. The van der Waals surface area contributed by atoms with E-state index in [0.717, 1.165) is 29.8 Å². The Morgan fingerprint density at radius 3 is 2.53 bits per heavy atom. The van der Waals surface area contributed by atoms with Gasteiger partial charge in [-0.15, -0.1) is 0 Å². The van der Waals surface area contributed by atoms with Gasteiger partial charge in [0.05, 0.1) is 11.6 Å². The number of hydrogen-bond donors (Lipinski definition) is 1. The van der Waals surface area contributed by atoms with Gasteiger partial charge in [-0.25, -0.2) is 9.37 Å². The van der Waals surface area contributed by atoms with Crippen LogP contribution in [0.25, 0.3) is 11.0 Å². The number of rotatable bonds is 5. The zero-order chi connectivity index (χ0) is 21.5. The summed E-state index contributed by atoms with van der Waals surface area (Å²) in [6.45, 7) is 11.0. The predicted octanol–water partition coefficient (Wildman–Crippen LogP) is 7.09. The fourth-order valence-electron chi connectivity index (χ4n) is 5.05. The van der Waals surface area contributed by atoms with Crippen molar-refractivity contribution in [3.05, 3.63) is 48.3 Å². The van der Waals surface area contributed by atoms with Crippen LogP contribution in [0.15, 0.2) is 42.5 Å². The molecule has 1 fully saturated rings. The number of imidazole rings is 1. The highest BCUT2D eigenvalue weighted by atomic mass is 19.1. The third-order valence-electron chi connectivity index (χ3n) is 5.88. The molecule has 1 aliphatic carbocycles. The Kier molecular flexibility index (Phi) is 5.48. The topological polar surface area (TPSA) is 39.1 Å². The molecule has 1 N–H and O–H groups in total. The maximum atomic E-state index is 14.6. The van der Waals surface area contributed by atoms with Crippen LogP contribution in [-0.4, -0.2) is 15.7 Å². The molecule has 0 radical (unpaired) electrons. The van der Waals surface area contributed by atoms with Crippen LogP contribution >= 0.6 is 0 Å². The third kappa shape index (κ3) is 4.30. The number of fused-ring (bicyclic) bond motifs is 1. The molecule has 2 atom stereocenters. The minimum Gasteiger partial charge on any atom is -0.491 e. The maximum Gasteiger partial charge on any atom is 0.208 e. The summed E-state index contributed by atoms with van der Waals surface area (Å²) >= 11 is 0. The SMILES string of the molecule is CC1CC(n2c(Nc3ccc(OC(C)C)cc3)nc3c(F)cccc32)CC(C)(C)C1. The summed E-state index contributed by atoms with van der Waals surface area (Å²) in [5, 5.41) is 3.44. The largest absolute Gasteiger partial charge is 0.491 e. The molecule has 0 aliphatic heterocycles. The molecule has 2 unspecified atom stereocenters. The summed E-state index contributed by atoms with van der Waals surface area (Å²) in [7, 11) is 0. The lowest BCUT2D eigenvalue weighted by Crippen LogP contribution is -2.29. The molecule has 1 aliphatic rings. The van der Waals surface area contributed by atoms with E-state index in [4.69, 9.17) is 4.74 Å². The number of nitrogens with zero attached hydrogens (tertiary/aromatic N) is 2. The van der Waals surface area contributed by atoms with Crippen molar-refractivity contribution in [2.24, 2.45) is 11.3 Å². The maximum absolute atomic E-state index is 14.6. The van der Waals surface area contributed by atoms with Gasteiger partial charge < -0.3 is 14.6 Å². The molecule has 2 aromatic carbocycles. The number of aromatic nitrogens is 2. The van der Waals surface area contributed by atoms with Gasteiger partial charge in [0.2, 0.25) is 5.95 Å². The molecular formula is C25H32FN3O. The van der Waals surface area contributed by atoms with Crippen molar-refractivity contribution in [1.29, 1.82) is 0 Å². The minimum atomic E-state index is -0.280. The van der Waals surface area contributed by atoms with Gasteiger partial charge in [0, 0.05) is 11.7 Å². The number of benzene rings is 2. The normalized spacial score (nSPS) is 21.2. The van der Waals surface area contributed by atoms with Gasteiger partial charge in [-0.05, 0) is 80.8 Å². The van der Waals surface area contributed by atoms with Crippen molar-refractivity contribution >= 4 is 22.7 Å². The van der Waals surface area contributed by atoms with Gasteiger partial charge >= 0.3 is 0 Å². The second-order valence-corrected chi connectivity index (χ2v) is 9.80. The monoisotopic (exact) mass is 409 g/mol. The van der Waals surface area contributed by atoms with Crippen molar-refractivity contribution in [3.8, 4) is 5.75 Å². The zero-order valence-corrected chi connectivity index (χ0v) is 18.6. The first-order valence-corrected chi connectivity index (χ1v) is 10.9. The van der Waals surface area contributed by atoms with Crippen LogP contribution in [0, 0.1) is 17.2 Å². The van der Waals surface area contributed by atoms with E-state index < -0.39 is 0 Å². The third-order valence-corrected chi connectivity index (χ3v) is 5.88. The fourth-order valence-corrected chi connectivity index (χ4v) is 5.05. The number of para-hydroxylation sites is 1. The summed E-state index contributed by atoms with van der Waals surface area (Å²) in [6.07, 6.45) is 3.47. The molecule has 4 rings (SSSR count). The molecule has 1 aromatic heterocycles. The molecule has 1 heterocycles. The van der Waals surface area contributed by atoms with E-state index in [1.54, 1.807) is 6.07 Å². The van der Waals surface area contributed by atoms with E-state index in [0.29, 0.717) is 17.4 Å². The molecule has 0 spiro atoms. The zero-order valence-electron chi connectivity index (χ0n) is 18.6. The Balaban J connectivity index is 1.72. The first-order valence-electron chi connectivity index (χ1n) is 10.9. The lowest BCUT2D eigenvalue weighted by Gasteiger charge is -2.40.